The van der Waals surface area contributed by atoms with E-state index in [0.29, 0.717) is 0 Å². The van der Waals surface area contributed by atoms with E-state index in [1.165, 1.54) is 11.1 Å². The first kappa shape index (κ1) is 14.6. The third-order valence-corrected chi connectivity index (χ3v) is 3.37. The summed E-state index contributed by atoms with van der Waals surface area (Å²) in [5.74, 6) is 1.79. The van der Waals surface area contributed by atoms with Crippen molar-refractivity contribution in [2.24, 2.45) is 5.73 Å². The Morgan fingerprint density at radius 3 is 2.30 bits per heavy atom. The van der Waals surface area contributed by atoms with Gasteiger partial charge in [-0.2, -0.15) is 0 Å². The number of benzene rings is 2. The highest BCUT2D eigenvalue weighted by Gasteiger charge is 2.05. The minimum absolute atomic E-state index is 0.161. The zero-order chi connectivity index (χ0) is 14.5. The molecule has 0 aromatic heterocycles. The molecule has 2 nitrogen and oxygen atoms in total. The normalized spacial score (nSPS) is 12.2. The molecule has 0 radical (unpaired) electrons. The molecule has 1 unspecified atom stereocenters. The lowest BCUT2D eigenvalue weighted by Crippen LogP contribution is -2.17. The highest BCUT2D eigenvalue weighted by molar-refractivity contribution is 5.40. The maximum atomic E-state index is 5.99. The maximum absolute atomic E-state index is 5.99. The van der Waals surface area contributed by atoms with Crippen molar-refractivity contribution in [3.8, 4) is 11.5 Å². The Morgan fingerprint density at radius 1 is 1.05 bits per heavy atom. The van der Waals surface area contributed by atoms with Crippen LogP contribution in [0, 0.1) is 6.92 Å². The van der Waals surface area contributed by atoms with Crippen molar-refractivity contribution in [3.05, 3.63) is 59.2 Å². The second-order valence-electron chi connectivity index (χ2n) is 5.38. The molecule has 0 aliphatic carbocycles. The minimum atomic E-state index is 0.161. The van der Waals surface area contributed by atoms with Crippen LogP contribution >= 0.6 is 0 Å². The third kappa shape index (κ3) is 3.84. The first-order valence-corrected chi connectivity index (χ1v) is 7.20. The zero-order valence-corrected chi connectivity index (χ0v) is 12.5. The van der Waals surface area contributed by atoms with E-state index >= 15 is 0 Å². The van der Waals surface area contributed by atoms with Crippen LogP contribution in [0.25, 0.3) is 0 Å². The average molecular weight is 269 g/mol. The summed E-state index contributed by atoms with van der Waals surface area (Å²) in [4.78, 5) is 0. The number of ether oxygens (including phenoxy) is 1. The van der Waals surface area contributed by atoms with Crippen molar-refractivity contribution in [2.45, 2.75) is 39.7 Å². The number of rotatable bonds is 5. The van der Waals surface area contributed by atoms with Gasteiger partial charge in [-0.15, -0.1) is 0 Å². The van der Waals surface area contributed by atoms with Crippen LogP contribution in [0.2, 0.25) is 0 Å². The van der Waals surface area contributed by atoms with Crippen molar-refractivity contribution < 1.29 is 4.74 Å². The van der Waals surface area contributed by atoms with Gasteiger partial charge in [-0.25, -0.2) is 0 Å². The van der Waals surface area contributed by atoms with E-state index in [1.807, 2.05) is 19.1 Å². The Bertz CT molecular complexity index is 558. The van der Waals surface area contributed by atoms with Crippen LogP contribution in [-0.2, 0) is 12.8 Å². The van der Waals surface area contributed by atoms with Crippen molar-refractivity contribution in [3.63, 3.8) is 0 Å². The second kappa shape index (κ2) is 6.58. The van der Waals surface area contributed by atoms with Crippen LogP contribution < -0.4 is 10.5 Å². The largest absolute Gasteiger partial charge is 0.457 e. The summed E-state index contributed by atoms with van der Waals surface area (Å²) < 4.78 is 5.99. The molecule has 2 rings (SSSR count). The van der Waals surface area contributed by atoms with Crippen molar-refractivity contribution >= 4 is 0 Å². The number of aryl methyl sites for hydroxylation is 2. The Morgan fingerprint density at radius 2 is 1.70 bits per heavy atom. The van der Waals surface area contributed by atoms with Gasteiger partial charge in [-0.1, -0.05) is 31.2 Å². The summed E-state index contributed by atoms with van der Waals surface area (Å²) in [7, 11) is 0. The molecule has 0 heterocycles. The molecule has 20 heavy (non-hydrogen) atoms. The van der Waals surface area contributed by atoms with Gasteiger partial charge in [0, 0.05) is 6.04 Å². The fourth-order valence-electron chi connectivity index (χ4n) is 2.17. The quantitative estimate of drug-likeness (QED) is 0.881. The molecule has 106 valence electrons. The molecule has 0 aliphatic heterocycles. The molecule has 2 aromatic rings. The zero-order valence-electron chi connectivity index (χ0n) is 12.5. The molecular weight excluding hydrogens is 246 g/mol. The van der Waals surface area contributed by atoms with Crippen LogP contribution in [0.1, 0.15) is 30.5 Å². The Balaban J connectivity index is 2.18. The van der Waals surface area contributed by atoms with Gasteiger partial charge >= 0.3 is 0 Å². The fraction of sp³-hybridized carbons (Fsp3) is 0.333. The molecule has 0 saturated carbocycles. The maximum Gasteiger partial charge on any atom is 0.130 e. The Hall–Kier alpha value is -1.80. The molecule has 0 saturated heterocycles. The monoisotopic (exact) mass is 269 g/mol. The lowest BCUT2D eigenvalue weighted by molar-refractivity contribution is 0.477. The van der Waals surface area contributed by atoms with Gasteiger partial charge in [-0.05, 0) is 61.6 Å². The van der Waals surface area contributed by atoms with Crippen LogP contribution in [0.15, 0.2) is 42.5 Å². The highest BCUT2D eigenvalue weighted by atomic mass is 16.5. The molecule has 0 fully saturated rings. The predicted molar refractivity (Wildman–Crippen MR) is 84.4 cm³/mol. The number of hydrogen-bond acceptors (Lipinski definition) is 2. The molecular formula is C18H23NO. The van der Waals surface area contributed by atoms with E-state index < -0.39 is 0 Å². The van der Waals surface area contributed by atoms with Crippen LogP contribution in [0.5, 0.6) is 11.5 Å². The molecule has 1 atom stereocenters. The van der Waals surface area contributed by atoms with E-state index in [1.54, 1.807) is 0 Å². The highest BCUT2D eigenvalue weighted by Crippen LogP contribution is 2.26. The summed E-state index contributed by atoms with van der Waals surface area (Å²) >= 11 is 0. The van der Waals surface area contributed by atoms with Gasteiger partial charge in [0.2, 0.25) is 0 Å². The first-order chi connectivity index (χ1) is 9.58. The number of nitrogens with two attached hydrogens (primary N) is 1. The molecule has 0 aliphatic rings. The fourth-order valence-corrected chi connectivity index (χ4v) is 2.17. The van der Waals surface area contributed by atoms with Gasteiger partial charge in [0.15, 0.2) is 0 Å². The Kier molecular flexibility index (Phi) is 4.80. The minimum Gasteiger partial charge on any atom is -0.457 e. The van der Waals surface area contributed by atoms with E-state index in [4.69, 9.17) is 10.5 Å². The Labute approximate surface area is 121 Å². The lowest BCUT2D eigenvalue weighted by Gasteiger charge is -2.12. The third-order valence-electron chi connectivity index (χ3n) is 3.37. The molecule has 2 heteroatoms. The van der Waals surface area contributed by atoms with Gasteiger partial charge in [0.25, 0.3) is 0 Å². The summed E-state index contributed by atoms with van der Waals surface area (Å²) in [5.41, 5.74) is 9.53. The van der Waals surface area contributed by atoms with Gasteiger partial charge < -0.3 is 10.5 Å². The molecule has 2 N–H and O–H groups in total. The molecule has 0 amide bonds. The van der Waals surface area contributed by atoms with E-state index in [9.17, 15) is 0 Å². The lowest BCUT2D eigenvalue weighted by atomic mass is 10.1. The van der Waals surface area contributed by atoms with E-state index in [0.717, 1.165) is 29.9 Å². The summed E-state index contributed by atoms with van der Waals surface area (Å²) in [6.07, 6.45) is 1.91. The average Bonchev–Trinajstić information content (AvgIpc) is 2.43. The van der Waals surface area contributed by atoms with Gasteiger partial charge in [-0.3, -0.25) is 0 Å². The van der Waals surface area contributed by atoms with E-state index in [2.05, 4.69) is 44.2 Å². The predicted octanol–water partition coefficient (Wildman–Crippen LogP) is 4.24. The number of hydrogen-bond donors (Lipinski definition) is 1. The van der Waals surface area contributed by atoms with Crippen molar-refractivity contribution in [1.82, 2.24) is 0 Å². The molecule has 0 bridgehead atoms. The van der Waals surface area contributed by atoms with Gasteiger partial charge in [0.05, 0.1) is 0 Å². The van der Waals surface area contributed by atoms with Crippen molar-refractivity contribution in [2.75, 3.05) is 0 Å². The summed E-state index contributed by atoms with van der Waals surface area (Å²) in [6, 6.07) is 14.7. The van der Waals surface area contributed by atoms with E-state index in [-0.39, 0.29) is 6.04 Å². The summed E-state index contributed by atoms with van der Waals surface area (Å²) in [6.45, 7) is 6.23. The standard InChI is InChI=1S/C18H23NO/c1-4-15-7-9-17(10-8-15)20-18-12-16(11-14(3)19)6-5-13(18)2/h5-10,12,14H,4,11,19H2,1-3H3. The van der Waals surface area contributed by atoms with Crippen LogP contribution in [0.3, 0.4) is 0 Å². The smallest absolute Gasteiger partial charge is 0.130 e. The van der Waals surface area contributed by atoms with Crippen molar-refractivity contribution in [1.29, 1.82) is 0 Å². The SMILES string of the molecule is CCc1ccc(Oc2cc(CC(C)N)ccc2C)cc1. The van der Waals surface area contributed by atoms with Crippen LogP contribution in [-0.4, -0.2) is 6.04 Å². The van der Waals surface area contributed by atoms with Crippen LogP contribution in [0.4, 0.5) is 0 Å². The second-order valence-corrected chi connectivity index (χ2v) is 5.38. The topological polar surface area (TPSA) is 35.2 Å². The summed E-state index contributed by atoms with van der Waals surface area (Å²) in [5, 5.41) is 0. The first-order valence-electron chi connectivity index (χ1n) is 7.20. The molecule has 0 spiro atoms. The molecule has 2 aromatic carbocycles. The van der Waals surface area contributed by atoms with Gasteiger partial charge in [0.1, 0.15) is 11.5 Å².